The lowest BCUT2D eigenvalue weighted by molar-refractivity contribution is -0.120. The fourth-order valence-electron chi connectivity index (χ4n) is 7.82. The minimum atomic E-state index is -4.03. The van der Waals surface area contributed by atoms with Crippen LogP contribution in [0.4, 0.5) is 0 Å². The van der Waals surface area contributed by atoms with Crippen LogP contribution in [0.5, 0.6) is 5.75 Å². The lowest BCUT2D eigenvalue weighted by Crippen LogP contribution is -2.64. The molecule has 3 aliphatic rings. The van der Waals surface area contributed by atoms with Crippen molar-refractivity contribution in [1.82, 2.24) is 18.8 Å². The van der Waals surface area contributed by atoms with Gasteiger partial charge in [-0.15, -0.1) is 0 Å². The molecule has 47 heavy (non-hydrogen) atoms. The molecule has 2 aliphatic heterocycles. The quantitative estimate of drug-likeness (QED) is 0.261. The first kappa shape index (κ1) is 32.1. The Balaban J connectivity index is 1.17. The summed E-state index contributed by atoms with van der Waals surface area (Å²) in [4.78, 5) is 16.3. The van der Waals surface area contributed by atoms with Crippen LogP contribution in [-0.4, -0.2) is 65.8 Å². The van der Waals surface area contributed by atoms with E-state index in [-0.39, 0.29) is 16.5 Å². The van der Waals surface area contributed by atoms with E-state index in [1.54, 1.807) is 57.4 Å². The van der Waals surface area contributed by atoms with Crippen molar-refractivity contribution in [3.05, 3.63) is 82.4 Å². The SMILES string of the molecule is Cc1ccc(S(=O)(=O)n2ccc3c(-c4cc(C(C)(C)O)ccc4OC4CC5(C4)CN(CCC4CCNCC4)C5)cn(C)c(=O)c32)cc1. The third-order valence-electron chi connectivity index (χ3n) is 10.6. The first-order valence-corrected chi connectivity index (χ1v) is 18.3. The Kier molecular flexibility index (Phi) is 8.14. The van der Waals surface area contributed by atoms with Crippen LogP contribution < -0.4 is 15.6 Å². The first-order chi connectivity index (χ1) is 22.3. The van der Waals surface area contributed by atoms with Gasteiger partial charge in [0.15, 0.2) is 0 Å². The smallest absolute Gasteiger partial charge is 0.275 e. The molecule has 9 nitrogen and oxygen atoms in total. The van der Waals surface area contributed by atoms with Crippen molar-refractivity contribution in [1.29, 1.82) is 0 Å². The Hall–Kier alpha value is -3.44. The van der Waals surface area contributed by atoms with Crippen molar-refractivity contribution in [2.24, 2.45) is 18.4 Å². The number of aliphatic hydroxyl groups is 1. The molecule has 0 amide bonds. The average molecular weight is 659 g/mol. The van der Waals surface area contributed by atoms with Gasteiger partial charge in [0.2, 0.25) is 0 Å². The Morgan fingerprint density at radius 2 is 1.72 bits per heavy atom. The molecule has 3 fully saturated rings. The van der Waals surface area contributed by atoms with Gasteiger partial charge in [0.05, 0.1) is 16.6 Å². The molecule has 2 N–H and O–H groups in total. The van der Waals surface area contributed by atoms with Gasteiger partial charge in [-0.3, -0.25) is 4.79 Å². The van der Waals surface area contributed by atoms with Crippen LogP contribution in [0.1, 0.15) is 57.1 Å². The van der Waals surface area contributed by atoms with Gasteiger partial charge in [0.1, 0.15) is 11.3 Å². The maximum atomic E-state index is 13.8. The Morgan fingerprint density at radius 1 is 1.02 bits per heavy atom. The van der Waals surface area contributed by atoms with Gasteiger partial charge >= 0.3 is 0 Å². The fraction of sp³-hybridized carbons (Fsp3) is 0.486. The maximum absolute atomic E-state index is 13.8. The predicted molar refractivity (Wildman–Crippen MR) is 184 cm³/mol. The number of rotatable bonds is 9. The largest absolute Gasteiger partial charge is 0.490 e. The molecule has 0 bridgehead atoms. The Bertz CT molecular complexity index is 1950. The molecule has 1 saturated carbocycles. The minimum Gasteiger partial charge on any atom is -0.490 e. The molecular weight excluding hydrogens is 612 g/mol. The second-order valence-electron chi connectivity index (χ2n) is 14.8. The van der Waals surface area contributed by atoms with Crippen LogP contribution in [0.25, 0.3) is 22.0 Å². The molecule has 4 aromatic rings. The molecule has 0 atom stereocenters. The molecule has 10 heteroatoms. The fourth-order valence-corrected chi connectivity index (χ4v) is 9.16. The van der Waals surface area contributed by atoms with Gasteiger partial charge in [-0.25, -0.2) is 12.4 Å². The molecule has 250 valence electrons. The number of pyridine rings is 1. The van der Waals surface area contributed by atoms with Crippen LogP contribution in [-0.2, 0) is 22.7 Å². The van der Waals surface area contributed by atoms with Crippen LogP contribution >= 0.6 is 0 Å². The standard InChI is InChI=1S/C37H46N4O5S/c1-25-5-8-29(9-6-25)47(44,45)41-18-14-30-32(22-39(4)35(42)34(30)41)31-19-27(36(2,3)43)7-10-33(31)46-28-20-37(21-28)23-40(24-37)17-13-26-11-15-38-16-12-26/h5-10,14,18-19,22,26,28,38,43H,11-13,15-17,20-21,23-24H2,1-4H3. The maximum Gasteiger partial charge on any atom is 0.275 e. The summed E-state index contributed by atoms with van der Waals surface area (Å²) >= 11 is 0. The van der Waals surface area contributed by atoms with E-state index in [0.717, 1.165) is 54.5 Å². The van der Waals surface area contributed by atoms with Crippen LogP contribution in [0, 0.1) is 18.3 Å². The normalized spacial score (nSPS) is 19.2. The summed E-state index contributed by atoms with van der Waals surface area (Å²) in [5, 5.41) is 14.9. The molecular formula is C37H46N4O5S. The van der Waals surface area contributed by atoms with Crippen LogP contribution in [0.15, 0.2) is 70.6 Å². The summed E-state index contributed by atoms with van der Waals surface area (Å²) in [5.74, 6) is 1.51. The number of fused-ring (bicyclic) bond motifs is 1. The van der Waals surface area contributed by atoms with Gasteiger partial charge in [-0.05, 0) is 114 Å². The molecule has 0 unspecified atom stereocenters. The molecule has 7 rings (SSSR count). The minimum absolute atomic E-state index is 0.0721. The topological polar surface area (TPSA) is 106 Å². The predicted octanol–water partition coefficient (Wildman–Crippen LogP) is 5.01. The van der Waals surface area contributed by atoms with Gasteiger partial charge in [0.25, 0.3) is 15.6 Å². The molecule has 1 aliphatic carbocycles. The lowest BCUT2D eigenvalue weighted by Gasteiger charge is -2.59. The molecule has 1 spiro atoms. The second-order valence-corrected chi connectivity index (χ2v) is 16.6. The second kappa shape index (κ2) is 11.9. The van der Waals surface area contributed by atoms with Gasteiger partial charge in [-0.1, -0.05) is 23.8 Å². The molecule has 0 radical (unpaired) electrons. The van der Waals surface area contributed by atoms with E-state index < -0.39 is 21.2 Å². The third kappa shape index (κ3) is 6.05. The summed E-state index contributed by atoms with van der Waals surface area (Å²) < 4.78 is 36.7. The third-order valence-corrected chi connectivity index (χ3v) is 12.3. The van der Waals surface area contributed by atoms with Crippen LogP contribution in [0.2, 0.25) is 0 Å². The summed E-state index contributed by atoms with van der Waals surface area (Å²) in [5.41, 5.74) is 1.90. The first-order valence-electron chi connectivity index (χ1n) is 16.8. The summed E-state index contributed by atoms with van der Waals surface area (Å²) in [6.45, 7) is 11.1. The Labute approximate surface area is 277 Å². The van der Waals surface area contributed by atoms with Gasteiger partial charge < -0.3 is 24.6 Å². The Morgan fingerprint density at radius 3 is 2.40 bits per heavy atom. The molecule has 2 saturated heterocycles. The van der Waals surface area contributed by atoms with Gasteiger partial charge in [-0.2, -0.15) is 0 Å². The monoisotopic (exact) mass is 658 g/mol. The highest BCUT2D eigenvalue weighted by molar-refractivity contribution is 7.90. The van der Waals surface area contributed by atoms with Crippen LogP contribution in [0.3, 0.4) is 0 Å². The molecule has 2 aromatic heterocycles. The number of likely N-dealkylation sites (tertiary alicyclic amines) is 1. The number of benzene rings is 2. The van der Waals surface area contributed by atoms with E-state index in [1.165, 1.54) is 36.6 Å². The summed E-state index contributed by atoms with van der Waals surface area (Å²) in [6, 6.07) is 14.0. The number of hydrogen-bond acceptors (Lipinski definition) is 7. The highest BCUT2D eigenvalue weighted by Crippen LogP contribution is 2.51. The van der Waals surface area contributed by atoms with E-state index in [4.69, 9.17) is 4.74 Å². The summed E-state index contributed by atoms with van der Waals surface area (Å²) in [6.07, 6.45) is 9.12. The number of nitrogens with one attached hydrogen (secondary N) is 1. The number of piperidine rings is 1. The zero-order valence-electron chi connectivity index (χ0n) is 27.8. The van der Waals surface area contributed by atoms with Crippen molar-refractivity contribution in [3.63, 3.8) is 0 Å². The average Bonchev–Trinajstić information content (AvgIpc) is 3.46. The van der Waals surface area contributed by atoms with E-state index in [1.807, 2.05) is 25.1 Å². The molecule has 4 heterocycles. The van der Waals surface area contributed by atoms with E-state index in [0.29, 0.717) is 33.2 Å². The van der Waals surface area contributed by atoms with Crippen molar-refractivity contribution < 1.29 is 18.3 Å². The number of ether oxygens (including phenoxy) is 1. The zero-order valence-corrected chi connectivity index (χ0v) is 28.6. The molecule has 2 aromatic carbocycles. The highest BCUT2D eigenvalue weighted by atomic mass is 32.2. The van der Waals surface area contributed by atoms with Gasteiger partial charge in [0, 0.05) is 54.5 Å². The van der Waals surface area contributed by atoms with Crippen molar-refractivity contribution in [2.75, 3.05) is 32.7 Å². The lowest BCUT2D eigenvalue weighted by atomic mass is 9.61. The van der Waals surface area contributed by atoms with Crippen molar-refractivity contribution in [3.8, 4) is 16.9 Å². The van der Waals surface area contributed by atoms with E-state index >= 15 is 0 Å². The van der Waals surface area contributed by atoms with Crippen molar-refractivity contribution in [2.45, 2.75) is 69.5 Å². The number of nitrogens with zero attached hydrogens (tertiary/aromatic N) is 3. The number of aryl methyl sites for hydroxylation is 2. The summed E-state index contributed by atoms with van der Waals surface area (Å²) in [7, 11) is -2.40. The van der Waals surface area contributed by atoms with Crippen molar-refractivity contribution >= 4 is 20.9 Å². The number of hydrogen-bond donors (Lipinski definition) is 2. The highest BCUT2D eigenvalue weighted by Gasteiger charge is 2.53. The van der Waals surface area contributed by atoms with E-state index in [9.17, 15) is 18.3 Å². The number of aromatic nitrogens is 2. The van der Waals surface area contributed by atoms with E-state index in [2.05, 4.69) is 10.2 Å². The zero-order chi connectivity index (χ0) is 33.1.